The van der Waals surface area contributed by atoms with Crippen LogP contribution in [0, 0.1) is 0 Å². The number of halogens is 1. The van der Waals surface area contributed by atoms with Gasteiger partial charge in [0.1, 0.15) is 16.6 Å². The molecule has 0 aliphatic carbocycles. The number of nitrogen functional groups attached to an aromatic ring is 1. The second-order valence-electron chi connectivity index (χ2n) is 3.02. The van der Waals surface area contributed by atoms with E-state index in [1.54, 1.807) is 0 Å². The molecule has 0 spiro atoms. The molecule has 5 N–H and O–H groups in total. The number of aliphatic hydroxyl groups is 1. The van der Waals surface area contributed by atoms with Crippen LogP contribution in [0.4, 0.5) is 11.6 Å². The van der Waals surface area contributed by atoms with E-state index >= 15 is 0 Å². The molecule has 8 heteroatoms. The van der Waals surface area contributed by atoms with E-state index in [4.69, 9.17) is 10.6 Å². The largest absolute Gasteiger partial charge is 0.389 e. The maximum absolute atomic E-state index is 9.44. The predicted octanol–water partition coefficient (Wildman–Crippen LogP) is -0.0561. The van der Waals surface area contributed by atoms with E-state index in [1.165, 1.54) is 13.4 Å². The van der Waals surface area contributed by atoms with Crippen LogP contribution in [-0.4, -0.2) is 41.4 Å². The van der Waals surface area contributed by atoms with Gasteiger partial charge in [0.2, 0.25) is 0 Å². The molecular formula is C8H14BrN5O2. The van der Waals surface area contributed by atoms with E-state index in [-0.39, 0.29) is 6.61 Å². The third-order valence-electron chi connectivity index (χ3n) is 1.79. The summed E-state index contributed by atoms with van der Waals surface area (Å²) < 4.78 is 5.41. The molecule has 0 aliphatic heterocycles. The number of anilines is 2. The summed E-state index contributed by atoms with van der Waals surface area (Å²) in [5, 5.41) is 12.4. The maximum atomic E-state index is 9.44. The van der Waals surface area contributed by atoms with Crippen LogP contribution in [0.1, 0.15) is 0 Å². The molecule has 90 valence electrons. The van der Waals surface area contributed by atoms with Crippen LogP contribution < -0.4 is 16.6 Å². The van der Waals surface area contributed by atoms with E-state index in [0.29, 0.717) is 22.7 Å². The lowest BCUT2D eigenvalue weighted by Crippen LogP contribution is -2.24. The summed E-state index contributed by atoms with van der Waals surface area (Å²) in [4.78, 5) is 7.90. The number of nitrogens with zero attached hydrogens (tertiary/aromatic N) is 2. The second kappa shape index (κ2) is 6.59. The molecule has 0 radical (unpaired) electrons. The Balaban J connectivity index is 2.60. The quantitative estimate of drug-likeness (QED) is 0.430. The number of rotatable bonds is 6. The van der Waals surface area contributed by atoms with Crippen molar-refractivity contribution in [3.05, 3.63) is 10.8 Å². The Bertz CT molecular complexity index is 338. The van der Waals surface area contributed by atoms with E-state index in [1.807, 2.05) is 0 Å². The number of hydrogen-bond donors (Lipinski definition) is 4. The lowest BCUT2D eigenvalue weighted by molar-refractivity contribution is 0.0727. The number of hydrazine groups is 1. The minimum absolute atomic E-state index is 0.262. The van der Waals surface area contributed by atoms with Crippen LogP contribution in [0.25, 0.3) is 0 Å². The minimum atomic E-state index is -0.596. The fraction of sp³-hybridized carbons (Fsp3) is 0.500. The number of methoxy groups -OCH3 is 1. The van der Waals surface area contributed by atoms with Gasteiger partial charge in [0, 0.05) is 13.7 Å². The van der Waals surface area contributed by atoms with E-state index in [9.17, 15) is 5.11 Å². The molecule has 7 nitrogen and oxygen atoms in total. The van der Waals surface area contributed by atoms with E-state index < -0.39 is 6.10 Å². The minimum Gasteiger partial charge on any atom is -0.389 e. The molecule has 1 aromatic rings. The molecule has 1 atom stereocenters. The highest BCUT2D eigenvalue weighted by atomic mass is 79.9. The van der Waals surface area contributed by atoms with Crippen LogP contribution in [0.15, 0.2) is 10.8 Å². The zero-order chi connectivity index (χ0) is 12.0. The number of aromatic nitrogens is 2. The zero-order valence-electron chi connectivity index (χ0n) is 8.77. The van der Waals surface area contributed by atoms with Gasteiger partial charge in [-0.15, -0.1) is 0 Å². The molecule has 1 aromatic heterocycles. The Labute approximate surface area is 102 Å². The Hall–Kier alpha value is -0.960. The monoisotopic (exact) mass is 291 g/mol. The first-order chi connectivity index (χ1) is 7.69. The average Bonchev–Trinajstić information content (AvgIpc) is 2.28. The Morgan fingerprint density at radius 3 is 2.88 bits per heavy atom. The molecule has 0 saturated carbocycles. The van der Waals surface area contributed by atoms with Crippen molar-refractivity contribution in [3.8, 4) is 0 Å². The Morgan fingerprint density at radius 2 is 2.25 bits per heavy atom. The zero-order valence-corrected chi connectivity index (χ0v) is 10.4. The molecular weight excluding hydrogens is 278 g/mol. The third kappa shape index (κ3) is 3.56. The highest BCUT2D eigenvalue weighted by Gasteiger charge is 2.09. The molecule has 1 heterocycles. The summed E-state index contributed by atoms with van der Waals surface area (Å²) >= 11 is 3.29. The Kier molecular flexibility index (Phi) is 5.39. The highest BCUT2D eigenvalue weighted by molar-refractivity contribution is 9.10. The smallest absolute Gasteiger partial charge is 0.159 e. The molecule has 0 bridgehead atoms. The summed E-state index contributed by atoms with van der Waals surface area (Å²) in [6.45, 7) is 0.588. The molecule has 0 aromatic carbocycles. The van der Waals surface area contributed by atoms with Crippen LogP contribution in [0.3, 0.4) is 0 Å². The van der Waals surface area contributed by atoms with Gasteiger partial charge in [0.15, 0.2) is 5.82 Å². The molecule has 1 unspecified atom stereocenters. The van der Waals surface area contributed by atoms with Crippen molar-refractivity contribution in [2.75, 3.05) is 31.0 Å². The van der Waals surface area contributed by atoms with Crippen molar-refractivity contribution < 1.29 is 9.84 Å². The van der Waals surface area contributed by atoms with Crippen molar-refractivity contribution in [1.29, 1.82) is 0 Å². The molecule has 0 fully saturated rings. The average molecular weight is 292 g/mol. The number of hydrogen-bond acceptors (Lipinski definition) is 7. The lowest BCUT2D eigenvalue weighted by atomic mass is 10.4. The van der Waals surface area contributed by atoms with Crippen LogP contribution in [0.5, 0.6) is 0 Å². The van der Waals surface area contributed by atoms with Crippen LogP contribution >= 0.6 is 15.9 Å². The van der Waals surface area contributed by atoms with Gasteiger partial charge >= 0.3 is 0 Å². The number of aliphatic hydroxyl groups excluding tert-OH is 1. The summed E-state index contributed by atoms with van der Waals surface area (Å²) in [6, 6.07) is 0. The molecule has 0 saturated heterocycles. The van der Waals surface area contributed by atoms with Gasteiger partial charge in [-0.3, -0.25) is 0 Å². The summed E-state index contributed by atoms with van der Waals surface area (Å²) in [7, 11) is 1.53. The molecule has 1 rings (SSSR count). The molecule has 0 aliphatic rings. The first-order valence-electron chi connectivity index (χ1n) is 4.57. The summed E-state index contributed by atoms with van der Waals surface area (Å²) in [6.07, 6.45) is 0.770. The van der Waals surface area contributed by atoms with Crippen LogP contribution in [-0.2, 0) is 4.74 Å². The summed E-state index contributed by atoms with van der Waals surface area (Å²) in [5.41, 5.74) is 2.42. The van der Waals surface area contributed by atoms with Gasteiger partial charge in [-0.05, 0) is 15.9 Å². The topological polar surface area (TPSA) is 105 Å². The fourth-order valence-corrected chi connectivity index (χ4v) is 1.52. The Morgan fingerprint density at radius 1 is 1.56 bits per heavy atom. The van der Waals surface area contributed by atoms with Crippen LogP contribution in [0.2, 0.25) is 0 Å². The molecule has 16 heavy (non-hydrogen) atoms. The van der Waals surface area contributed by atoms with Gasteiger partial charge in [-0.1, -0.05) is 0 Å². The first-order valence-corrected chi connectivity index (χ1v) is 5.36. The lowest BCUT2D eigenvalue weighted by Gasteiger charge is -2.13. The SMILES string of the molecule is COCC(O)CNc1ncnc(NN)c1Br. The predicted molar refractivity (Wildman–Crippen MR) is 63.9 cm³/mol. The van der Waals surface area contributed by atoms with Crippen molar-refractivity contribution in [1.82, 2.24) is 9.97 Å². The standard InChI is InChI=1S/C8H14BrN5O2/c1-16-3-5(15)2-11-7-6(9)8(14-10)13-4-12-7/h4-5,15H,2-3,10H2,1H3,(H2,11,12,13,14). The van der Waals surface area contributed by atoms with Gasteiger partial charge < -0.3 is 20.6 Å². The number of nitrogens with one attached hydrogen (secondary N) is 2. The van der Waals surface area contributed by atoms with E-state index in [2.05, 4.69) is 36.6 Å². The number of nitrogens with two attached hydrogens (primary N) is 1. The van der Waals surface area contributed by atoms with E-state index in [0.717, 1.165) is 0 Å². The maximum Gasteiger partial charge on any atom is 0.159 e. The fourth-order valence-electron chi connectivity index (χ4n) is 1.06. The first kappa shape index (κ1) is 13.1. The van der Waals surface area contributed by atoms with Crippen molar-refractivity contribution >= 4 is 27.6 Å². The molecule has 0 amide bonds. The highest BCUT2D eigenvalue weighted by Crippen LogP contribution is 2.25. The van der Waals surface area contributed by atoms with Gasteiger partial charge in [-0.2, -0.15) is 0 Å². The van der Waals surface area contributed by atoms with Crippen molar-refractivity contribution in [3.63, 3.8) is 0 Å². The van der Waals surface area contributed by atoms with Crippen molar-refractivity contribution in [2.24, 2.45) is 5.84 Å². The second-order valence-corrected chi connectivity index (χ2v) is 3.81. The van der Waals surface area contributed by atoms with Gasteiger partial charge in [0.05, 0.1) is 12.7 Å². The normalized spacial score (nSPS) is 12.2. The summed E-state index contributed by atoms with van der Waals surface area (Å²) in [5.74, 6) is 6.28. The number of ether oxygens (including phenoxy) is 1. The third-order valence-corrected chi connectivity index (χ3v) is 2.54. The van der Waals surface area contributed by atoms with Gasteiger partial charge in [0.25, 0.3) is 0 Å². The van der Waals surface area contributed by atoms with Gasteiger partial charge in [-0.25, -0.2) is 15.8 Å². The van der Waals surface area contributed by atoms with Crippen molar-refractivity contribution in [2.45, 2.75) is 6.10 Å².